The Morgan fingerprint density at radius 2 is 1.89 bits per heavy atom. The molecule has 0 radical (unpaired) electrons. The molecule has 0 N–H and O–H groups in total. The van der Waals surface area contributed by atoms with Crippen molar-refractivity contribution in [2.45, 2.75) is 6.92 Å². The lowest BCUT2D eigenvalue weighted by atomic mass is 10.1. The van der Waals surface area contributed by atoms with Crippen molar-refractivity contribution < 1.29 is 9.53 Å². The monoisotopic (exact) mass is 324 g/mol. The molecule has 0 aromatic heterocycles. The maximum atomic E-state index is 11.0. The highest BCUT2D eigenvalue weighted by atomic mass is 79.9. The van der Waals surface area contributed by atoms with Gasteiger partial charge in [0.25, 0.3) is 0 Å². The molecular formula is C14H10BrClO2. The molecule has 18 heavy (non-hydrogen) atoms. The molecule has 0 saturated carbocycles. The van der Waals surface area contributed by atoms with Gasteiger partial charge in [-0.05, 0) is 37.3 Å². The predicted molar refractivity (Wildman–Crippen MR) is 75.8 cm³/mol. The number of hydrogen-bond acceptors (Lipinski definition) is 2. The molecule has 0 aliphatic rings. The number of aryl methyl sites for hydroxylation is 1. The van der Waals surface area contributed by atoms with Gasteiger partial charge in [0, 0.05) is 4.47 Å². The first-order valence-corrected chi connectivity index (χ1v) is 6.46. The SMILES string of the molecule is Cc1ccc(Oc2ccc(Br)cc2Cl)c(C=O)c1. The first-order valence-electron chi connectivity index (χ1n) is 5.29. The van der Waals surface area contributed by atoms with Crippen LogP contribution in [0.5, 0.6) is 11.5 Å². The summed E-state index contributed by atoms with van der Waals surface area (Å²) in [5.41, 5.74) is 1.51. The molecular weight excluding hydrogens is 316 g/mol. The number of hydrogen-bond donors (Lipinski definition) is 0. The Kier molecular flexibility index (Phi) is 4.04. The van der Waals surface area contributed by atoms with Crippen molar-refractivity contribution in [3.05, 3.63) is 57.0 Å². The van der Waals surface area contributed by atoms with Gasteiger partial charge in [0.15, 0.2) is 6.29 Å². The van der Waals surface area contributed by atoms with Crippen LogP contribution in [0.4, 0.5) is 0 Å². The van der Waals surface area contributed by atoms with Gasteiger partial charge >= 0.3 is 0 Å². The van der Waals surface area contributed by atoms with E-state index in [1.165, 1.54) is 0 Å². The van der Waals surface area contributed by atoms with Gasteiger partial charge in [0.2, 0.25) is 0 Å². The van der Waals surface area contributed by atoms with Crippen molar-refractivity contribution in [1.29, 1.82) is 0 Å². The number of aldehydes is 1. The molecule has 0 atom stereocenters. The van der Waals surface area contributed by atoms with Crippen LogP contribution in [0.15, 0.2) is 40.9 Å². The zero-order chi connectivity index (χ0) is 13.1. The largest absolute Gasteiger partial charge is 0.455 e. The fourth-order valence-electron chi connectivity index (χ4n) is 1.53. The molecule has 2 aromatic rings. The summed E-state index contributed by atoms with van der Waals surface area (Å²) in [4.78, 5) is 11.0. The third-order valence-corrected chi connectivity index (χ3v) is 3.19. The second-order valence-corrected chi connectivity index (χ2v) is 5.16. The van der Waals surface area contributed by atoms with E-state index in [-0.39, 0.29) is 0 Å². The normalized spacial score (nSPS) is 10.2. The highest BCUT2D eigenvalue weighted by Gasteiger charge is 2.07. The first kappa shape index (κ1) is 13.1. The van der Waals surface area contributed by atoms with Crippen LogP contribution in [0.3, 0.4) is 0 Å². The van der Waals surface area contributed by atoms with E-state index in [0.29, 0.717) is 22.1 Å². The van der Waals surface area contributed by atoms with E-state index >= 15 is 0 Å². The van der Waals surface area contributed by atoms with Crippen LogP contribution < -0.4 is 4.74 Å². The summed E-state index contributed by atoms with van der Waals surface area (Å²) in [7, 11) is 0. The molecule has 92 valence electrons. The lowest BCUT2D eigenvalue weighted by molar-refractivity contribution is 0.112. The van der Waals surface area contributed by atoms with Gasteiger partial charge in [-0.15, -0.1) is 0 Å². The van der Waals surface area contributed by atoms with E-state index in [1.54, 1.807) is 24.3 Å². The van der Waals surface area contributed by atoms with Gasteiger partial charge in [-0.25, -0.2) is 0 Å². The number of halogens is 2. The molecule has 2 nitrogen and oxygen atoms in total. The van der Waals surface area contributed by atoms with Gasteiger partial charge in [-0.1, -0.05) is 39.2 Å². The zero-order valence-electron chi connectivity index (χ0n) is 9.61. The van der Waals surface area contributed by atoms with Crippen LogP contribution in [0.1, 0.15) is 15.9 Å². The Labute approximate surface area is 119 Å². The minimum Gasteiger partial charge on any atom is -0.455 e. The summed E-state index contributed by atoms with van der Waals surface area (Å²) < 4.78 is 6.53. The summed E-state index contributed by atoms with van der Waals surface area (Å²) in [6, 6.07) is 10.7. The number of ether oxygens (including phenoxy) is 1. The van der Waals surface area contributed by atoms with Gasteiger partial charge in [-0.2, -0.15) is 0 Å². The zero-order valence-corrected chi connectivity index (χ0v) is 12.0. The fourth-order valence-corrected chi connectivity index (χ4v) is 2.24. The predicted octanol–water partition coefficient (Wildman–Crippen LogP) is 5.02. The van der Waals surface area contributed by atoms with Crippen molar-refractivity contribution in [1.82, 2.24) is 0 Å². The van der Waals surface area contributed by atoms with Crippen molar-refractivity contribution in [2.24, 2.45) is 0 Å². The lowest BCUT2D eigenvalue weighted by Crippen LogP contribution is -1.92. The molecule has 0 aliphatic carbocycles. The molecule has 2 rings (SSSR count). The number of carbonyl (C=O) groups is 1. The van der Waals surface area contributed by atoms with Crippen LogP contribution in [0.25, 0.3) is 0 Å². The highest BCUT2D eigenvalue weighted by Crippen LogP contribution is 2.33. The molecule has 0 heterocycles. The Morgan fingerprint density at radius 3 is 2.56 bits per heavy atom. The first-order chi connectivity index (χ1) is 8.60. The van der Waals surface area contributed by atoms with Crippen molar-refractivity contribution in [3.63, 3.8) is 0 Å². The van der Waals surface area contributed by atoms with Crippen LogP contribution >= 0.6 is 27.5 Å². The number of carbonyl (C=O) groups excluding carboxylic acids is 1. The molecule has 0 saturated heterocycles. The Bertz CT molecular complexity index is 596. The maximum Gasteiger partial charge on any atom is 0.153 e. The second-order valence-electron chi connectivity index (χ2n) is 3.84. The minimum absolute atomic E-state index is 0.488. The third kappa shape index (κ3) is 2.92. The average Bonchev–Trinajstić information content (AvgIpc) is 2.34. The summed E-state index contributed by atoms with van der Waals surface area (Å²) >= 11 is 9.39. The fraction of sp³-hybridized carbons (Fsp3) is 0.0714. The smallest absolute Gasteiger partial charge is 0.153 e. The van der Waals surface area contributed by atoms with E-state index in [1.807, 2.05) is 19.1 Å². The van der Waals surface area contributed by atoms with Crippen molar-refractivity contribution in [3.8, 4) is 11.5 Å². The molecule has 0 amide bonds. The Balaban J connectivity index is 2.36. The molecule has 2 aromatic carbocycles. The van der Waals surface area contributed by atoms with Crippen LogP contribution in [0, 0.1) is 6.92 Å². The molecule has 0 bridgehead atoms. The Morgan fingerprint density at radius 1 is 1.17 bits per heavy atom. The highest BCUT2D eigenvalue weighted by molar-refractivity contribution is 9.10. The van der Waals surface area contributed by atoms with Crippen molar-refractivity contribution >= 4 is 33.8 Å². The van der Waals surface area contributed by atoms with E-state index in [0.717, 1.165) is 16.3 Å². The number of benzene rings is 2. The lowest BCUT2D eigenvalue weighted by Gasteiger charge is -2.10. The molecule has 0 unspecified atom stereocenters. The van der Waals surface area contributed by atoms with Gasteiger partial charge in [-0.3, -0.25) is 4.79 Å². The third-order valence-electron chi connectivity index (χ3n) is 2.41. The van der Waals surface area contributed by atoms with Gasteiger partial charge in [0.1, 0.15) is 11.5 Å². The topological polar surface area (TPSA) is 26.3 Å². The number of rotatable bonds is 3. The second kappa shape index (κ2) is 5.55. The Hall–Kier alpha value is -1.32. The quantitative estimate of drug-likeness (QED) is 0.741. The van der Waals surface area contributed by atoms with Crippen molar-refractivity contribution in [2.75, 3.05) is 0 Å². The molecule has 0 fully saturated rings. The molecule has 0 aliphatic heterocycles. The van der Waals surface area contributed by atoms with Crippen LogP contribution in [-0.4, -0.2) is 6.29 Å². The maximum absolute atomic E-state index is 11.0. The molecule has 0 spiro atoms. The van der Waals surface area contributed by atoms with E-state index in [9.17, 15) is 4.79 Å². The van der Waals surface area contributed by atoms with Gasteiger partial charge in [0.05, 0.1) is 10.6 Å². The average molecular weight is 326 g/mol. The van der Waals surface area contributed by atoms with Gasteiger partial charge < -0.3 is 4.74 Å². The minimum atomic E-state index is 0.488. The van der Waals surface area contributed by atoms with Crippen LogP contribution in [0.2, 0.25) is 5.02 Å². The summed E-state index contributed by atoms with van der Waals surface area (Å²) in [6.07, 6.45) is 0.773. The summed E-state index contributed by atoms with van der Waals surface area (Å²) in [5.74, 6) is 1.02. The van der Waals surface area contributed by atoms with E-state index in [2.05, 4.69) is 15.9 Å². The summed E-state index contributed by atoms with van der Waals surface area (Å²) in [6.45, 7) is 1.92. The van der Waals surface area contributed by atoms with E-state index in [4.69, 9.17) is 16.3 Å². The summed E-state index contributed by atoms with van der Waals surface area (Å²) in [5, 5.41) is 0.488. The van der Waals surface area contributed by atoms with E-state index < -0.39 is 0 Å². The standard InChI is InChI=1S/C14H10BrClO2/c1-9-2-4-13(10(6-9)8-17)18-14-5-3-11(15)7-12(14)16/h2-8H,1H3. The molecule has 4 heteroatoms. The van der Waals surface area contributed by atoms with Crippen LogP contribution in [-0.2, 0) is 0 Å².